The Morgan fingerprint density at radius 2 is 1.85 bits per heavy atom. The van der Waals surface area contributed by atoms with E-state index in [-0.39, 0.29) is 17.2 Å². The third kappa shape index (κ3) is 5.97. The van der Waals surface area contributed by atoms with Crippen LogP contribution in [0, 0.1) is 6.92 Å². The van der Waals surface area contributed by atoms with Gasteiger partial charge in [-0.05, 0) is 48.7 Å². The lowest BCUT2D eigenvalue weighted by Crippen LogP contribution is -2.37. The summed E-state index contributed by atoms with van der Waals surface area (Å²) in [6.45, 7) is 1.82. The topological polar surface area (TPSA) is 93.7 Å². The van der Waals surface area contributed by atoms with Gasteiger partial charge in [0.2, 0.25) is 15.9 Å². The summed E-state index contributed by atoms with van der Waals surface area (Å²) in [7, 11) is -0.868. The van der Waals surface area contributed by atoms with Gasteiger partial charge in [0.15, 0.2) is 0 Å². The van der Waals surface area contributed by atoms with E-state index in [1.165, 1.54) is 13.2 Å². The molecule has 0 aromatic heterocycles. The van der Waals surface area contributed by atoms with Crippen LogP contribution in [0.1, 0.15) is 11.1 Å². The molecule has 1 amide bonds. The van der Waals surface area contributed by atoms with Crippen molar-refractivity contribution in [2.24, 2.45) is 0 Å². The Balaban J connectivity index is 1.88. The lowest BCUT2D eigenvalue weighted by atomic mass is 10.1. The molecule has 0 unspecified atom stereocenters. The summed E-state index contributed by atoms with van der Waals surface area (Å²) in [6.07, 6.45) is 0.612. The molecule has 2 N–H and O–H groups in total. The smallest absolute Gasteiger partial charge is 0.244 e. The fraction of sp³-hybridized carbons (Fsp3) is 0.316. The van der Waals surface area contributed by atoms with E-state index < -0.39 is 15.9 Å². The van der Waals surface area contributed by atoms with Crippen molar-refractivity contribution in [1.82, 2.24) is 10.0 Å². The molecular weight excluding hydrogens is 368 g/mol. The maximum Gasteiger partial charge on any atom is 0.244 e. The molecule has 0 saturated heterocycles. The molecule has 7 nitrogen and oxygen atoms in total. The van der Waals surface area contributed by atoms with E-state index in [4.69, 9.17) is 9.47 Å². The molecule has 0 bridgehead atoms. The fourth-order valence-corrected chi connectivity index (χ4v) is 3.70. The van der Waals surface area contributed by atoms with Crippen molar-refractivity contribution in [3.05, 3.63) is 53.6 Å². The van der Waals surface area contributed by atoms with E-state index in [1.807, 2.05) is 24.3 Å². The molecule has 0 fully saturated rings. The predicted molar refractivity (Wildman–Crippen MR) is 103 cm³/mol. The summed E-state index contributed by atoms with van der Waals surface area (Å²) in [4.78, 5) is 12.0. The van der Waals surface area contributed by atoms with Gasteiger partial charge in [0, 0.05) is 6.54 Å². The molecule has 8 heteroatoms. The molecule has 0 heterocycles. The predicted octanol–water partition coefficient (Wildman–Crippen LogP) is 1.65. The zero-order valence-corrected chi connectivity index (χ0v) is 16.4. The molecule has 2 aromatic rings. The van der Waals surface area contributed by atoms with Crippen molar-refractivity contribution in [2.45, 2.75) is 18.2 Å². The second-order valence-corrected chi connectivity index (χ2v) is 7.67. The molecule has 27 heavy (non-hydrogen) atoms. The fourth-order valence-electron chi connectivity index (χ4n) is 2.47. The van der Waals surface area contributed by atoms with Crippen LogP contribution in [0.5, 0.6) is 11.5 Å². The third-order valence-electron chi connectivity index (χ3n) is 3.90. The minimum Gasteiger partial charge on any atom is -0.497 e. The number of aryl methyl sites for hydroxylation is 1. The van der Waals surface area contributed by atoms with E-state index in [1.54, 1.807) is 26.2 Å². The number of carbonyl (C=O) groups excluding carboxylic acids is 1. The number of hydrogen-bond donors (Lipinski definition) is 2. The highest BCUT2D eigenvalue weighted by molar-refractivity contribution is 7.89. The number of rotatable bonds is 9. The number of amides is 1. The van der Waals surface area contributed by atoms with Gasteiger partial charge >= 0.3 is 0 Å². The first-order valence-electron chi connectivity index (χ1n) is 8.39. The Morgan fingerprint density at radius 3 is 2.56 bits per heavy atom. The van der Waals surface area contributed by atoms with Gasteiger partial charge in [-0.2, -0.15) is 0 Å². The van der Waals surface area contributed by atoms with Crippen molar-refractivity contribution < 1.29 is 22.7 Å². The molecule has 0 radical (unpaired) electrons. The van der Waals surface area contributed by atoms with E-state index in [0.29, 0.717) is 13.0 Å². The van der Waals surface area contributed by atoms with Gasteiger partial charge in [0.1, 0.15) is 16.4 Å². The number of hydrogen-bond acceptors (Lipinski definition) is 5. The van der Waals surface area contributed by atoms with E-state index in [9.17, 15) is 13.2 Å². The second kappa shape index (κ2) is 9.38. The Kier molecular flexibility index (Phi) is 7.20. The van der Waals surface area contributed by atoms with Crippen LogP contribution < -0.4 is 19.5 Å². The number of ether oxygens (including phenoxy) is 2. The van der Waals surface area contributed by atoms with Crippen LogP contribution in [0.25, 0.3) is 0 Å². The highest BCUT2D eigenvalue weighted by Crippen LogP contribution is 2.24. The maximum atomic E-state index is 12.4. The highest BCUT2D eigenvalue weighted by Gasteiger charge is 2.20. The average Bonchev–Trinajstić information content (AvgIpc) is 2.66. The summed E-state index contributed by atoms with van der Waals surface area (Å²) in [5, 5.41) is 2.69. The zero-order chi connectivity index (χ0) is 19.9. The van der Waals surface area contributed by atoms with Crippen molar-refractivity contribution in [1.29, 1.82) is 0 Å². The van der Waals surface area contributed by atoms with Gasteiger partial charge in [-0.25, -0.2) is 13.1 Å². The number of methoxy groups -OCH3 is 2. The van der Waals surface area contributed by atoms with E-state index in [2.05, 4.69) is 10.0 Å². The maximum absolute atomic E-state index is 12.4. The molecular formula is C19H24N2O5S. The van der Waals surface area contributed by atoms with Crippen LogP contribution in [0.4, 0.5) is 0 Å². The van der Waals surface area contributed by atoms with E-state index in [0.717, 1.165) is 16.9 Å². The van der Waals surface area contributed by atoms with Crippen LogP contribution in [0.2, 0.25) is 0 Å². The number of sulfonamides is 1. The van der Waals surface area contributed by atoms with Crippen LogP contribution >= 0.6 is 0 Å². The lowest BCUT2D eigenvalue weighted by Gasteiger charge is -2.12. The molecule has 2 aromatic carbocycles. The van der Waals surface area contributed by atoms with E-state index >= 15 is 0 Å². The summed E-state index contributed by atoms with van der Waals surface area (Å²) in [5.74, 6) is 0.568. The Labute approximate surface area is 159 Å². The SMILES string of the molecule is COc1cccc(CCNC(=O)CNS(=O)(=O)c2cc(C)ccc2OC)c1. The summed E-state index contributed by atoms with van der Waals surface area (Å²) >= 11 is 0. The summed E-state index contributed by atoms with van der Waals surface area (Å²) in [6, 6.07) is 12.4. The second-order valence-electron chi connectivity index (χ2n) is 5.93. The standard InChI is InChI=1S/C19H24N2O5S/c1-14-7-8-17(26-3)18(11-14)27(23,24)21-13-19(22)20-10-9-15-5-4-6-16(12-15)25-2/h4-8,11-12,21H,9-10,13H2,1-3H3,(H,20,22). The summed E-state index contributed by atoms with van der Waals surface area (Å²) < 4.78 is 37.5. The highest BCUT2D eigenvalue weighted by atomic mass is 32.2. The monoisotopic (exact) mass is 392 g/mol. The normalized spacial score (nSPS) is 11.1. The first kappa shape index (κ1) is 20.7. The Morgan fingerprint density at radius 1 is 1.07 bits per heavy atom. The van der Waals surface area contributed by atoms with Gasteiger partial charge in [0.25, 0.3) is 0 Å². The number of nitrogens with one attached hydrogen (secondary N) is 2. The minimum atomic E-state index is -3.86. The average molecular weight is 392 g/mol. The van der Waals surface area contributed by atoms with Gasteiger partial charge in [-0.3, -0.25) is 4.79 Å². The molecule has 0 aliphatic heterocycles. The van der Waals surface area contributed by atoms with Gasteiger partial charge < -0.3 is 14.8 Å². The Bertz CT molecular complexity index is 897. The number of benzene rings is 2. The van der Waals surface area contributed by atoms with Crippen molar-refractivity contribution in [3.63, 3.8) is 0 Å². The quantitative estimate of drug-likeness (QED) is 0.677. The molecule has 0 aliphatic carbocycles. The zero-order valence-electron chi connectivity index (χ0n) is 15.6. The molecule has 0 atom stereocenters. The van der Waals surface area contributed by atoms with Crippen molar-refractivity contribution >= 4 is 15.9 Å². The van der Waals surface area contributed by atoms with Gasteiger partial charge in [-0.1, -0.05) is 18.2 Å². The largest absolute Gasteiger partial charge is 0.497 e. The lowest BCUT2D eigenvalue weighted by molar-refractivity contribution is -0.119. The molecule has 0 saturated carbocycles. The molecule has 2 rings (SSSR count). The first-order valence-corrected chi connectivity index (χ1v) is 9.88. The van der Waals surface area contributed by atoms with Crippen molar-refractivity contribution in [3.8, 4) is 11.5 Å². The minimum absolute atomic E-state index is 0.00850. The summed E-state index contributed by atoms with van der Waals surface area (Å²) in [5.41, 5.74) is 1.79. The molecule has 0 aliphatic rings. The molecule has 0 spiro atoms. The van der Waals surface area contributed by atoms with Gasteiger partial charge in [0.05, 0.1) is 20.8 Å². The van der Waals surface area contributed by atoms with Crippen LogP contribution in [-0.4, -0.2) is 41.6 Å². The van der Waals surface area contributed by atoms with Crippen LogP contribution in [0.15, 0.2) is 47.4 Å². The molecule has 146 valence electrons. The Hall–Kier alpha value is -2.58. The van der Waals surface area contributed by atoms with Crippen LogP contribution in [-0.2, 0) is 21.2 Å². The van der Waals surface area contributed by atoms with Gasteiger partial charge in [-0.15, -0.1) is 0 Å². The first-order chi connectivity index (χ1) is 12.9. The number of carbonyl (C=O) groups is 1. The van der Waals surface area contributed by atoms with Crippen molar-refractivity contribution in [2.75, 3.05) is 27.3 Å². The third-order valence-corrected chi connectivity index (χ3v) is 5.32. The van der Waals surface area contributed by atoms with Crippen LogP contribution in [0.3, 0.4) is 0 Å².